The van der Waals surface area contributed by atoms with Crippen molar-refractivity contribution in [3.05, 3.63) is 0 Å². The molecule has 0 aromatic rings. The van der Waals surface area contributed by atoms with Gasteiger partial charge in [0, 0.05) is 19.8 Å². The second-order valence-electron chi connectivity index (χ2n) is 3.98. The number of ether oxygens (including phenoxy) is 1. The Labute approximate surface area is 96.8 Å². The number of nitriles is 1. The largest absolute Gasteiger partial charge is 0.381 e. The highest BCUT2D eigenvalue weighted by atomic mass is 32.2. The minimum Gasteiger partial charge on any atom is -0.381 e. The van der Waals surface area contributed by atoms with Crippen LogP contribution in [0.15, 0.2) is 0 Å². The molecule has 0 spiro atoms. The monoisotopic (exact) mass is 246 g/mol. The van der Waals surface area contributed by atoms with Crippen LogP contribution in [0.3, 0.4) is 0 Å². The molecular formula is C10H18N2O3S. The molecule has 0 amide bonds. The average molecular weight is 246 g/mol. The maximum Gasteiger partial charge on any atom is 0.227 e. The van der Waals surface area contributed by atoms with Gasteiger partial charge in [0.2, 0.25) is 10.0 Å². The van der Waals surface area contributed by atoms with Gasteiger partial charge in [0.05, 0.1) is 6.07 Å². The molecule has 1 fully saturated rings. The molecule has 0 radical (unpaired) electrons. The lowest BCUT2D eigenvalue weighted by Gasteiger charge is -2.11. The molecule has 1 aliphatic heterocycles. The molecule has 1 aliphatic rings. The van der Waals surface area contributed by atoms with E-state index in [0.717, 1.165) is 26.1 Å². The first-order chi connectivity index (χ1) is 7.60. The molecule has 1 saturated heterocycles. The number of nitrogens with zero attached hydrogens (tertiary/aromatic N) is 1. The zero-order chi connectivity index (χ0) is 12.0. The summed E-state index contributed by atoms with van der Waals surface area (Å²) in [6.07, 6.45) is 2.09. The van der Waals surface area contributed by atoms with Crippen molar-refractivity contribution in [1.82, 2.24) is 4.72 Å². The van der Waals surface area contributed by atoms with E-state index in [1.165, 1.54) is 0 Å². The van der Waals surface area contributed by atoms with Gasteiger partial charge in [-0.25, -0.2) is 13.1 Å². The van der Waals surface area contributed by atoms with Crippen molar-refractivity contribution in [2.24, 2.45) is 5.92 Å². The summed E-state index contributed by atoms with van der Waals surface area (Å²) in [5, 5.41) is 7.75. The first-order valence-electron chi connectivity index (χ1n) is 5.56. The fourth-order valence-corrected chi connectivity index (χ4v) is 2.88. The van der Waals surface area contributed by atoms with Crippen LogP contribution in [0.5, 0.6) is 0 Å². The van der Waals surface area contributed by atoms with Crippen LogP contribution in [0.25, 0.3) is 0 Å². The van der Waals surface area contributed by atoms with E-state index in [1.54, 1.807) is 13.0 Å². The topological polar surface area (TPSA) is 79.2 Å². The Morgan fingerprint density at radius 3 is 2.88 bits per heavy atom. The van der Waals surface area contributed by atoms with Crippen molar-refractivity contribution in [2.75, 3.05) is 19.8 Å². The van der Waals surface area contributed by atoms with Crippen molar-refractivity contribution in [3.8, 4) is 6.07 Å². The van der Waals surface area contributed by atoms with Crippen LogP contribution in [0, 0.1) is 17.2 Å². The zero-order valence-electron chi connectivity index (χ0n) is 9.48. The van der Waals surface area contributed by atoms with Crippen molar-refractivity contribution in [1.29, 1.82) is 5.26 Å². The summed E-state index contributed by atoms with van der Waals surface area (Å²) in [7, 11) is -3.47. The molecule has 0 aliphatic carbocycles. The number of sulfonamides is 1. The predicted octanol–water partition coefficient (Wildman–Crippen LogP) is 0.635. The summed E-state index contributed by atoms with van der Waals surface area (Å²) in [6, 6.07) is 1.80. The van der Waals surface area contributed by atoms with E-state index in [4.69, 9.17) is 10.00 Å². The third-order valence-corrected chi connectivity index (χ3v) is 4.56. The van der Waals surface area contributed by atoms with Gasteiger partial charge in [-0.3, -0.25) is 0 Å². The van der Waals surface area contributed by atoms with Gasteiger partial charge in [0.15, 0.2) is 5.25 Å². The van der Waals surface area contributed by atoms with Gasteiger partial charge in [-0.15, -0.1) is 0 Å². The lowest BCUT2D eigenvalue weighted by molar-refractivity contribution is 0.184. The van der Waals surface area contributed by atoms with Crippen molar-refractivity contribution in [2.45, 2.75) is 31.4 Å². The number of hydrogen-bond acceptors (Lipinski definition) is 4. The molecule has 0 aromatic heterocycles. The summed E-state index contributed by atoms with van der Waals surface area (Å²) in [4.78, 5) is 0. The Kier molecular flexibility index (Phi) is 5.19. The average Bonchev–Trinajstić information content (AvgIpc) is 2.71. The second-order valence-corrected chi connectivity index (χ2v) is 5.93. The third-order valence-electron chi connectivity index (χ3n) is 2.77. The predicted molar refractivity (Wildman–Crippen MR) is 60.2 cm³/mol. The summed E-state index contributed by atoms with van der Waals surface area (Å²) < 4.78 is 30.9. The molecule has 6 heteroatoms. The van der Waals surface area contributed by atoms with E-state index < -0.39 is 15.3 Å². The van der Waals surface area contributed by atoms with E-state index in [-0.39, 0.29) is 0 Å². The Bertz CT molecular complexity index is 342. The number of nitrogens with one attached hydrogen (secondary N) is 1. The van der Waals surface area contributed by atoms with Crippen LogP contribution in [0.2, 0.25) is 0 Å². The lowest BCUT2D eigenvalue weighted by Crippen LogP contribution is -2.34. The van der Waals surface area contributed by atoms with E-state index in [2.05, 4.69) is 4.72 Å². The van der Waals surface area contributed by atoms with Gasteiger partial charge in [-0.1, -0.05) is 6.92 Å². The molecule has 16 heavy (non-hydrogen) atoms. The number of hydrogen-bond donors (Lipinski definition) is 1. The fraction of sp³-hybridized carbons (Fsp3) is 0.900. The molecule has 0 bridgehead atoms. The minimum atomic E-state index is -3.47. The molecular weight excluding hydrogens is 228 g/mol. The molecule has 0 saturated carbocycles. The van der Waals surface area contributed by atoms with Gasteiger partial charge in [-0.05, 0) is 25.2 Å². The molecule has 1 rings (SSSR count). The van der Waals surface area contributed by atoms with Gasteiger partial charge >= 0.3 is 0 Å². The van der Waals surface area contributed by atoms with E-state index in [0.29, 0.717) is 18.9 Å². The smallest absolute Gasteiger partial charge is 0.227 e. The van der Waals surface area contributed by atoms with Gasteiger partial charge < -0.3 is 4.74 Å². The van der Waals surface area contributed by atoms with Crippen molar-refractivity contribution in [3.63, 3.8) is 0 Å². The highest BCUT2D eigenvalue weighted by molar-refractivity contribution is 7.90. The van der Waals surface area contributed by atoms with Crippen LogP contribution >= 0.6 is 0 Å². The number of rotatable bonds is 6. The minimum absolute atomic E-state index is 0.318. The summed E-state index contributed by atoms with van der Waals surface area (Å²) >= 11 is 0. The van der Waals surface area contributed by atoms with E-state index in [9.17, 15) is 8.42 Å². The summed E-state index contributed by atoms with van der Waals surface area (Å²) in [5.41, 5.74) is 0. The molecule has 1 N–H and O–H groups in total. The second kappa shape index (κ2) is 6.18. The normalized spacial score (nSPS) is 22.9. The summed E-state index contributed by atoms with van der Waals surface area (Å²) in [6.45, 7) is 3.58. The Balaban J connectivity index is 2.33. The van der Waals surface area contributed by atoms with Gasteiger partial charge in [0.25, 0.3) is 0 Å². The molecule has 2 atom stereocenters. The molecule has 0 aromatic carbocycles. The highest BCUT2D eigenvalue weighted by Gasteiger charge is 2.23. The third kappa shape index (κ3) is 3.74. The first kappa shape index (κ1) is 13.4. The van der Waals surface area contributed by atoms with Crippen LogP contribution in [-0.2, 0) is 14.8 Å². The molecule has 1 heterocycles. The Hall–Kier alpha value is -0.640. The quantitative estimate of drug-likeness (QED) is 0.745. The molecule has 5 nitrogen and oxygen atoms in total. The molecule has 92 valence electrons. The van der Waals surface area contributed by atoms with Gasteiger partial charge in [-0.2, -0.15) is 5.26 Å². The Morgan fingerprint density at radius 1 is 1.62 bits per heavy atom. The highest BCUT2D eigenvalue weighted by Crippen LogP contribution is 2.15. The maximum absolute atomic E-state index is 11.6. The zero-order valence-corrected chi connectivity index (χ0v) is 10.3. The van der Waals surface area contributed by atoms with Crippen LogP contribution < -0.4 is 4.72 Å². The maximum atomic E-state index is 11.6. The first-order valence-corrected chi connectivity index (χ1v) is 7.10. The standard InChI is InChI=1S/C10H18N2O3S/c1-2-10(7-11)16(13,14)12-5-3-9-4-6-15-8-9/h9-10,12H,2-6,8H2,1H3. The van der Waals surface area contributed by atoms with E-state index >= 15 is 0 Å². The summed E-state index contributed by atoms with van der Waals surface area (Å²) in [5.74, 6) is 0.449. The Morgan fingerprint density at radius 2 is 2.38 bits per heavy atom. The van der Waals surface area contributed by atoms with Crippen LogP contribution in [0.4, 0.5) is 0 Å². The molecule has 2 unspecified atom stereocenters. The van der Waals surface area contributed by atoms with Crippen molar-refractivity contribution < 1.29 is 13.2 Å². The van der Waals surface area contributed by atoms with Crippen molar-refractivity contribution >= 4 is 10.0 Å². The fourth-order valence-electron chi connectivity index (χ4n) is 1.70. The SMILES string of the molecule is CCC(C#N)S(=O)(=O)NCCC1CCOC1. The van der Waals surface area contributed by atoms with E-state index in [1.807, 2.05) is 0 Å². The van der Waals surface area contributed by atoms with Gasteiger partial charge in [0.1, 0.15) is 0 Å². The lowest BCUT2D eigenvalue weighted by atomic mass is 10.1. The van der Waals surface area contributed by atoms with Crippen LogP contribution in [0.1, 0.15) is 26.2 Å². The van der Waals surface area contributed by atoms with Crippen LogP contribution in [-0.4, -0.2) is 33.4 Å².